The number of aryl methyl sites for hydroxylation is 2. The highest BCUT2D eigenvalue weighted by Gasteiger charge is 2.19. The molecule has 0 radical (unpaired) electrons. The lowest BCUT2D eigenvalue weighted by Crippen LogP contribution is -2.20. The highest BCUT2D eigenvalue weighted by Crippen LogP contribution is 2.31. The number of hydrogen-bond acceptors (Lipinski definition) is 2. The summed E-state index contributed by atoms with van der Waals surface area (Å²) in [5, 5.41) is 3.22. The third kappa shape index (κ3) is 2.79. The van der Waals surface area contributed by atoms with Crippen molar-refractivity contribution in [1.82, 2.24) is 5.32 Å². The summed E-state index contributed by atoms with van der Waals surface area (Å²) in [6.45, 7) is 2.69. The molecule has 0 aliphatic carbocycles. The Balaban J connectivity index is 1.99. The Labute approximate surface area is 125 Å². The summed E-state index contributed by atoms with van der Waals surface area (Å²) < 4.78 is 19.9. The molecule has 2 aromatic rings. The van der Waals surface area contributed by atoms with E-state index in [-0.39, 0.29) is 11.9 Å². The van der Waals surface area contributed by atoms with Crippen molar-refractivity contribution in [2.75, 3.05) is 13.7 Å². The van der Waals surface area contributed by atoms with Gasteiger partial charge in [0.15, 0.2) is 0 Å². The van der Waals surface area contributed by atoms with Crippen molar-refractivity contribution in [1.29, 1.82) is 0 Å². The second kappa shape index (κ2) is 5.86. The monoisotopic (exact) mass is 285 g/mol. The Morgan fingerprint density at radius 2 is 2.05 bits per heavy atom. The Bertz CT molecular complexity index is 654. The maximum atomic E-state index is 14.2. The molecule has 1 N–H and O–H groups in total. The van der Waals surface area contributed by atoms with E-state index in [1.807, 2.05) is 38.2 Å². The van der Waals surface area contributed by atoms with Gasteiger partial charge in [-0.1, -0.05) is 24.3 Å². The quantitative estimate of drug-likeness (QED) is 0.927. The second-order valence-corrected chi connectivity index (χ2v) is 5.57. The largest absolute Gasteiger partial charge is 0.493 e. The molecule has 1 heterocycles. The fourth-order valence-corrected chi connectivity index (χ4v) is 2.93. The van der Waals surface area contributed by atoms with Crippen LogP contribution in [0.5, 0.6) is 5.75 Å². The van der Waals surface area contributed by atoms with Gasteiger partial charge in [-0.25, -0.2) is 4.39 Å². The van der Waals surface area contributed by atoms with Crippen molar-refractivity contribution in [3.05, 3.63) is 64.5 Å². The predicted octanol–water partition coefficient (Wildman–Crippen LogP) is 3.77. The minimum atomic E-state index is -0.164. The third-order valence-corrected chi connectivity index (χ3v) is 4.02. The van der Waals surface area contributed by atoms with Gasteiger partial charge in [0, 0.05) is 5.56 Å². The summed E-state index contributed by atoms with van der Waals surface area (Å²) in [4.78, 5) is 0. The highest BCUT2D eigenvalue weighted by atomic mass is 19.1. The molecule has 110 valence electrons. The maximum Gasteiger partial charge on any atom is 0.128 e. The molecular weight excluding hydrogens is 265 g/mol. The van der Waals surface area contributed by atoms with E-state index in [1.54, 1.807) is 6.07 Å². The van der Waals surface area contributed by atoms with Crippen molar-refractivity contribution in [2.24, 2.45) is 0 Å². The minimum Gasteiger partial charge on any atom is -0.493 e. The van der Waals surface area contributed by atoms with Crippen LogP contribution < -0.4 is 10.1 Å². The van der Waals surface area contributed by atoms with Crippen LogP contribution >= 0.6 is 0 Å². The molecule has 1 atom stereocenters. The molecule has 21 heavy (non-hydrogen) atoms. The van der Waals surface area contributed by atoms with Crippen LogP contribution in [0.3, 0.4) is 0 Å². The lowest BCUT2D eigenvalue weighted by molar-refractivity contribution is 0.288. The van der Waals surface area contributed by atoms with Crippen molar-refractivity contribution in [2.45, 2.75) is 25.8 Å². The highest BCUT2D eigenvalue weighted by molar-refractivity contribution is 5.43. The van der Waals surface area contributed by atoms with Crippen LogP contribution in [0.4, 0.5) is 4.39 Å². The molecule has 0 saturated carbocycles. The van der Waals surface area contributed by atoms with Gasteiger partial charge >= 0.3 is 0 Å². The standard InChI is InChI=1S/C18H20FNO/c1-12-5-7-15(16(19)10-12)18(20-2)14-6-8-17-13(11-14)4-3-9-21-17/h5-8,10-11,18,20H,3-4,9H2,1-2H3. The Morgan fingerprint density at radius 1 is 1.19 bits per heavy atom. The van der Waals surface area contributed by atoms with E-state index < -0.39 is 0 Å². The van der Waals surface area contributed by atoms with Crippen molar-refractivity contribution >= 4 is 0 Å². The van der Waals surface area contributed by atoms with Gasteiger partial charge in [-0.3, -0.25) is 0 Å². The van der Waals surface area contributed by atoms with Crippen LogP contribution in [0.2, 0.25) is 0 Å². The first-order valence-corrected chi connectivity index (χ1v) is 7.38. The first kappa shape index (κ1) is 14.1. The summed E-state index contributed by atoms with van der Waals surface area (Å²) in [6.07, 6.45) is 2.07. The smallest absolute Gasteiger partial charge is 0.128 e. The van der Waals surface area contributed by atoms with E-state index in [1.165, 1.54) is 5.56 Å². The van der Waals surface area contributed by atoms with E-state index in [0.29, 0.717) is 5.56 Å². The molecule has 3 rings (SSSR count). The third-order valence-electron chi connectivity index (χ3n) is 4.02. The van der Waals surface area contributed by atoms with Crippen molar-refractivity contribution in [3.8, 4) is 5.75 Å². The lowest BCUT2D eigenvalue weighted by atomic mass is 9.94. The first-order chi connectivity index (χ1) is 10.2. The van der Waals surface area contributed by atoms with Gasteiger partial charge < -0.3 is 10.1 Å². The molecule has 1 aliphatic rings. The molecule has 0 aromatic heterocycles. The van der Waals surface area contributed by atoms with E-state index >= 15 is 0 Å². The van der Waals surface area contributed by atoms with E-state index in [0.717, 1.165) is 36.3 Å². The molecule has 0 fully saturated rings. The molecule has 3 heteroatoms. The van der Waals surface area contributed by atoms with Crippen LogP contribution in [0, 0.1) is 12.7 Å². The summed E-state index contributed by atoms with van der Waals surface area (Å²) in [7, 11) is 1.86. The molecule has 0 saturated heterocycles. The summed E-state index contributed by atoms with van der Waals surface area (Å²) in [5.41, 5.74) is 3.90. The normalized spacial score (nSPS) is 15.2. The Kier molecular flexibility index (Phi) is 3.93. The molecule has 0 bridgehead atoms. The van der Waals surface area contributed by atoms with Crippen LogP contribution in [0.25, 0.3) is 0 Å². The zero-order valence-electron chi connectivity index (χ0n) is 12.4. The average molecular weight is 285 g/mol. The van der Waals surface area contributed by atoms with Crippen LogP contribution in [0.15, 0.2) is 36.4 Å². The number of fused-ring (bicyclic) bond motifs is 1. The molecule has 0 amide bonds. The SMILES string of the molecule is CNC(c1ccc2c(c1)CCCO2)c1ccc(C)cc1F. The topological polar surface area (TPSA) is 21.3 Å². The zero-order valence-corrected chi connectivity index (χ0v) is 12.4. The Morgan fingerprint density at radius 3 is 2.81 bits per heavy atom. The molecule has 1 unspecified atom stereocenters. The van der Waals surface area contributed by atoms with Gasteiger partial charge in [-0.05, 0) is 55.6 Å². The number of rotatable bonds is 3. The predicted molar refractivity (Wildman–Crippen MR) is 82.3 cm³/mol. The number of hydrogen-bond donors (Lipinski definition) is 1. The van der Waals surface area contributed by atoms with E-state index in [4.69, 9.17) is 4.74 Å². The molecular formula is C18H20FNO. The maximum absolute atomic E-state index is 14.2. The lowest BCUT2D eigenvalue weighted by Gasteiger charge is -2.22. The van der Waals surface area contributed by atoms with Crippen molar-refractivity contribution < 1.29 is 9.13 Å². The Hall–Kier alpha value is -1.87. The summed E-state index contributed by atoms with van der Waals surface area (Å²) >= 11 is 0. The van der Waals surface area contributed by atoms with Gasteiger partial charge in [-0.15, -0.1) is 0 Å². The second-order valence-electron chi connectivity index (χ2n) is 5.57. The van der Waals surface area contributed by atoms with Gasteiger partial charge in [-0.2, -0.15) is 0 Å². The van der Waals surface area contributed by atoms with Crippen LogP contribution in [-0.4, -0.2) is 13.7 Å². The fourth-order valence-electron chi connectivity index (χ4n) is 2.93. The first-order valence-electron chi connectivity index (χ1n) is 7.38. The van der Waals surface area contributed by atoms with E-state index in [9.17, 15) is 4.39 Å². The van der Waals surface area contributed by atoms with E-state index in [2.05, 4.69) is 11.4 Å². The molecule has 2 nitrogen and oxygen atoms in total. The number of ether oxygens (including phenoxy) is 1. The summed E-state index contributed by atoms with van der Waals surface area (Å²) in [5.74, 6) is 0.799. The number of nitrogens with one attached hydrogen (secondary N) is 1. The number of benzene rings is 2. The molecule has 0 spiro atoms. The van der Waals surface area contributed by atoms with Gasteiger partial charge in [0.2, 0.25) is 0 Å². The van der Waals surface area contributed by atoms with Gasteiger partial charge in [0.1, 0.15) is 11.6 Å². The van der Waals surface area contributed by atoms with Gasteiger partial charge in [0.25, 0.3) is 0 Å². The average Bonchev–Trinajstić information content (AvgIpc) is 2.50. The van der Waals surface area contributed by atoms with Crippen LogP contribution in [-0.2, 0) is 6.42 Å². The van der Waals surface area contributed by atoms with Crippen molar-refractivity contribution in [3.63, 3.8) is 0 Å². The summed E-state index contributed by atoms with van der Waals surface area (Å²) in [6, 6.07) is 11.4. The van der Waals surface area contributed by atoms with Gasteiger partial charge in [0.05, 0.1) is 12.6 Å². The number of halogens is 1. The molecule has 2 aromatic carbocycles. The zero-order chi connectivity index (χ0) is 14.8. The molecule has 1 aliphatic heterocycles. The fraction of sp³-hybridized carbons (Fsp3) is 0.333. The van der Waals surface area contributed by atoms with Crippen LogP contribution in [0.1, 0.15) is 34.7 Å². The minimum absolute atomic E-state index is 0.141.